The first kappa shape index (κ1) is 14.3. The second-order valence-electron chi connectivity index (χ2n) is 8.42. The quantitative estimate of drug-likeness (QED) is 0.770. The Morgan fingerprint density at radius 2 is 1.56 bits per heavy atom. The predicted molar refractivity (Wildman–Crippen MR) is 78.8 cm³/mol. The van der Waals surface area contributed by atoms with Gasteiger partial charge >= 0.3 is 0 Å². The van der Waals surface area contributed by atoms with E-state index in [-0.39, 0.29) is 0 Å². The summed E-state index contributed by atoms with van der Waals surface area (Å²) in [5, 5.41) is 3.60. The smallest absolute Gasteiger partial charge is 0.0196 e. The van der Waals surface area contributed by atoms with Crippen LogP contribution in [0.1, 0.15) is 60.8 Å². The molecule has 0 aromatic heterocycles. The van der Waals surface area contributed by atoms with Crippen LogP contribution in [0.25, 0.3) is 0 Å². The third-order valence-electron chi connectivity index (χ3n) is 4.82. The van der Waals surface area contributed by atoms with Crippen LogP contribution in [-0.2, 0) is 0 Å². The summed E-state index contributed by atoms with van der Waals surface area (Å²) in [6.45, 7) is 16.9. The Morgan fingerprint density at radius 1 is 1.00 bits per heavy atom. The molecule has 1 heterocycles. The summed E-state index contributed by atoms with van der Waals surface area (Å²) in [5.74, 6) is 0. The van der Waals surface area contributed by atoms with E-state index in [1.165, 1.54) is 25.8 Å². The fraction of sp³-hybridized carbons (Fsp3) is 1.00. The molecule has 1 saturated heterocycles. The Kier molecular flexibility index (Phi) is 3.81. The lowest BCUT2D eigenvalue weighted by molar-refractivity contribution is -0.00688. The second-order valence-corrected chi connectivity index (χ2v) is 8.42. The molecule has 0 aromatic rings. The number of rotatable bonds is 1. The summed E-state index contributed by atoms with van der Waals surface area (Å²) in [5.41, 5.74) is 1.00. The molecule has 2 atom stereocenters. The van der Waals surface area contributed by atoms with Crippen LogP contribution in [0.5, 0.6) is 0 Å². The van der Waals surface area contributed by atoms with E-state index in [2.05, 4.69) is 51.8 Å². The molecule has 2 heteroatoms. The van der Waals surface area contributed by atoms with E-state index >= 15 is 0 Å². The van der Waals surface area contributed by atoms with Crippen molar-refractivity contribution in [1.82, 2.24) is 10.2 Å². The van der Waals surface area contributed by atoms with E-state index < -0.39 is 0 Å². The lowest BCUT2D eigenvalue weighted by Gasteiger charge is -2.52. The molecule has 1 saturated carbocycles. The first-order valence-electron chi connectivity index (χ1n) is 7.68. The fourth-order valence-corrected chi connectivity index (χ4v) is 4.58. The van der Waals surface area contributed by atoms with Gasteiger partial charge in [0.05, 0.1) is 0 Å². The zero-order valence-electron chi connectivity index (χ0n) is 13.2. The molecular formula is C16H32N2. The second kappa shape index (κ2) is 4.79. The van der Waals surface area contributed by atoms with Gasteiger partial charge in [0, 0.05) is 31.2 Å². The fourth-order valence-electron chi connectivity index (χ4n) is 4.58. The molecule has 1 N–H and O–H groups in total. The molecule has 1 aliphatic heterocycles. The van der Waals surface area contributed by atoms with Crippen molar-refractivity contribution in [3.05, 3.63) is 0 Å². The zero-order valence-corrected chi connectivity index (χ0v) is 13.2. The summed E-state index contributed by atoms with van der Waals surface area (Å²) < 4.78 is 0. The van der Waals surface area contributed by atoms with Gasteiger partial charge in [-0.25, -0.2) is 0 Å². The lowest BCUT2D eigenvalue weighted by atomic mass is 9.63. The number of hydrogen-bond acceptors (Lipinski definition) is 2. The maximum Gasteiger partial charge on any atom is 0.0196 e. The summed E-state index contributed by atoms with van der Waals surface area (Å²) in [4.78, 5) is 2.78. The molecule has 0 aromatic carbocycles. The van der Waals surface area contributed by atoms with E-state index in [0.29, 0.717) is 22.9 Å². The van der Waals surface area contributed by atoms with Crippen LogP contribution in [-0.4, -0.2) is 36.1 Å². The van der Waals surface area contributed by atoms with Gasteiger partial charge in [0.2, 0.25) is 0 Å². The van der Waals surface area contributed by atoms with Gasteiger partial charge in [0.15, 0.2) is 0 Å². The van der Waals surface area contributed by atoms with E-state index in [1.807, 2.05) is 0 Å². The third kappa shape index (κ3) is 3.27. The zero-order chi connectivity index (χ0) is 13.6. The van der Waals surface area contributed by atoms with Crippen LogP contribution in [0.3, 0.4) is 0 Å². The number of piperazine rings is 1. The Balaban J connectivity index is 2.11. The number of nitrogens with zero attached hydrogens (tertiary/aromatic N) is 1. The summed E-state index contributed by atoms with van der Waals surface area (Å²) in [6.07, 6.45) is 4.10. The maximum atomic E-state index is 3.60. The molecule has 2 nitrogen and oxygen atoms in total. The van der Waals surface area contributed by atoms with Crippen molar-refractivity contribution < 1.29 is 0 Å². The highest BCUT2D eigenvalue weighted by atomic mass is 15.3. The molecule has 2 rings (SSSR count). The SMILES string of the molecule is CC1CN(C2CC(C)(C)CC(C)(C)C2)C(C)CN1. The molecule has 2 unspecified atom stereocenters. The van der Waals surface area contributed by atoms with Crippen molar-refractivity contribution in [2.75, 3.05) is 13.1 Å². The normalized spacial score (nSPS) is 37.7. The molecule has 0 radical (unpaired) electrons. The third-order valence-corrected chi connectivity index (χ3v) is 4.82. The molecule has 1 aliphatic carbocycles. The highest BCUT2D eigenvalue weighted by molar-refractivity contribution is 4.96. The standard InChI is InChI=1S/C16H32N2/c1-12-10-18(13(2)9-17-12)14-7-15(3,4)11-16(5,6)8-14/h12-14,17H,7-11H2,1-6H3. The Morgan fingerprint density at radius 3 is 2.11 bits per heavy atom. The lowest BCUT2D eigenvalue weighted by Crippen LogP contribution is -2.59. The molecular weight excluding hydrogens is 220 g/mol. The van der Waals surface area contributed by atoms with Crippen LogP contribution in [0.15, 0.2) is 0 Å². The maximum absolute atomic E-state index is 3.60. The molecule has 106 valence electrons. The number of hydrogen-bond donors (Lipinski definition) is 1. The van der Waals surface area contributed by atoms with Crippen molar-refractivity contribution in [2.24, 2.45) is 10.8 Å². The molecule has 0 bridgehead atoms. The average Bonchev–Trinajstić information content (AvgIpc) is 2.17. The van der Waals surface area contributed by atoms with Gasteiger partial charge in [0.25, 0.3) is 0 Å². The van der Waals surface area contributed by atoms with Crippen molar-refractivity contribution in [3.63, 3.8) is 0 Å². The van der Waals surface area contributed by atoms with Crippen LogP contribution in [0.2, 0.25) is 0 Å². The van der Waals surface area contributed by atoms with Gasteiger partial charge in [-0.1, -0.05) is 27.7 Å². The molecule has 0 amide bonds. The van der Waals surface area contributed by atoms with Crippen molar-refractivity contribution in [3.8, 4) is 0 Å². The summed E-state index contributed by atoms with van der Waals surface area (Å²) in [6, 6.07) is 2.12. The Labute approximate surface area is 114 Å². The minimum absolute atomic E-state index is 0.500. The predicted octanol–water partition coefficient (Wildman–Crippen LogP) is 3.27. The number of nitrogens with one attached hydrogen (secondary N) is 1. The highest BCUT2D eigenvalue weighted by Gasteiger charge is 2.42. The summed E-state index contributed by atoms with van der Waals surface area (Å²) >= 11 is 0. The Bertz CT molecular complexity index is 279. The molecule has 2 fully saturated rings. The topological polar surface area (TPSA) is 15.3 Å². The van der Waals surface area contributed by atoms with Crippen LogP contribution >= 0.6 is 0 Å². The van der Waals surface area contributed by atoms with Gasteiger partial charge in [0.1, 0.15) is 0 Å². The first-order chi connectivity index (χ1) is 8.19. The monoisotopic (exact) mass is 252 g/mol. The average molecular weight is 252 g/mol. The van der Waals surface area contributed by atoms with E-state index in [4.69, 9.17) is 0 Å². The molecule has 18 heavy (non-hydrogen) atoms. The first-order valence-corrected chi connectivity index (χ1v) is 7.68. The van der Waals surface area contributed by atoms with Gasteiger partial charge in [-0.2, -0.15) is 0 Å². The Hall–Kier alpha value is -0.0800. The minimum atomic E-state index is 0.500. The van der Waals surface area contributed by atoms with Crippen LogP contribution < -0.4 is 5.32 Å². The van der Waals surface area contributed by atoms with Crippen molar-refractivity contribution in [1.29, 1.82) is 0 Å². The van der Waals surface area contributed by atoms with Crippen LogP contribution in [0.4, 0.5) is 0 Å². The van der Waals surface area contributed by atoms with E-state index in [9.17, 15) is 0 Å². The largest absolute Gasteiger partial charge is 0.311 e. The van der Waals surface area contributed by atoms with Gasteiger partial charge in [-0.3, -0.25) is 4.90 Å². The molecule has 0 spiro atoms. The highest BCUT2D eigenvalue weighted by Crippen LogP contribution is 2.47. The van der Waals surface area contributed by atoms with E-state index in [1.54, 1.807) is 0 Å². The van der Waals surface area contributed by atoms with Crippen LogP contribution in [0, 0.1) is 10.8 Å². The van der Waals surface area contributed by atoms with Crippen molar-refractivity contribution in [2.45, 2.75) is 78.9 Å². The van der Waals surface area contributed by atoms with E-state index in [0.717, 1.165) is 12.6 Å². The van der Waals surface area contributed by atoms with Crippen molar-refractivity contribution >= 4 is 0 Å². The van der Waals surface area contributed by atoms with Gasteiger partial charge in [-0.15, -0.1) is 0 Å². The molecule has 2 aliphatic rings. The minimum Gasteiger partial charge on any atom is -0.311 e. The van der Waals surface area contributed by atoms with Gasteiger partial charge in [-0.05, 0) is 43.9 Å². The summed E-state index contributed by atoms with van der Waals surface area (Å²) in [7, 11) is 0. The van der Waals surface area contributed by atoms with Gasteiger partial charge < -0.3 is 5.32 Å².